The van der Waals surface area contributed by atoms with Crippen LogP contribution in [-0.2, 0) is 4.79 Å². The minimum atomic E-state index is -0.781. The highest BCUT2D eigenvalue weighted by Gasteiger charge is 2.28. The van der Waals surface area contributed by atoms with E-state index < -0.39 is 6.17 Å². The lowest BCUT2D eigenvalue weighted by Crippen LogP contribution is -2.35. The smallest absolute Gasteiger partial charge is 0.259 e. The van der Waals surface area contributed by atoms with E-state index in [1.54, 1.807) is 18.2 Å². The van der Waals surface area contributed by atoms with E-state index in [-0.39, 0.29) is 17.9 Å². The highest BCUT2D eigenvalue weighted by Crippen LogP contribution is 2.34. The molecule has 2 aliphatic rings. The molecule has 1 aromatic carbocycles. The monoisotopic (exact) mass is 525 g/mol. The molecule has 0 unspecified atom stereocenters. The molecule has 2 saturated heterocycles. The Balaban J connectivity index is 1.39. The predicted molar refractivity (Wildman–Crippen MR) is 139 cm³/mol. The van der Waals surface area contributed by atoms with Gasteiger partial charge in [0, 0.05) is 38.8 Å². The zero-order valence-corrected chi connectivity index (χ0v) is 21.1. The number of benzene rings is 1. The summed E-state index contributed by atoms with van der Waals surface area (Å²) in [7, 11) is 0. The van der Waals surface area contributed by atoms with Crippen molar-refractivity contribution in [2.75, 3.05) is 38.0 Å². The number of para-hydroxylation sites is 1. The number of nitrogens with zero attached hydrogens (tertiary/aromatic N) is 6. The van der Waals surface area contributed by atoms with E-state index in [1.165, 1.54) is 12.4 Å². The number of halogens is 2. The number of hydrogen-bond donors (Lipinski definition) is 1. The van der Waals surface area contributed by atoms with Crippen molar-refractivity contribution < 1.29 is 14.0 Å². The molecule has 2 atom stereocenters. The molecule has 2 aliphatic heterocycles. The van der Waals surface area contributed by atoms with Gasteiger partial charge in [0.05, 0.1) is 40.1 Å². The first kappa shape index (κ1) is 25.3. The second-order valence-electron chi connectivity index (χ2n) is 9.48. The van der Waals surface area contributed by atoms with Gasteiger partial charge in [0.1, 0.15) is 6.17 Å². The molecule has 0 radical (unpaired) electrons. The van der Waals surface area contributed by atoms with Crippen LogP contribution in [0.2, 0.25) is 5.02 Å². The molecule has 11 heteroatoms. The van der Waals surface area contributed by atoms with Crippen LogP contribution in [0.1, 0.15) is 42.1 Å². The molecular weight excluding hydrogens is 497 g/mol. The molecule has 1 N–H and O–H groups in total. The molecule has 37 heavy (non-hydrogen) atoms. The van der Waals surface area contributed by atoms with Gasteiger partial charge < -0.3 is 9.47 Å². The van der Waals surface area contributed by atoms with Crippen LogP contribution >= 0.6 is 11.6 Å². The third-order valence-electron chi connectivity index (χ3n) is 6.89. The van der Waals surface area contributed by atoms with Crippen LogP contribution in [0.15, 0.2) is 48.8 Å². The van der Waals surface area contributed by atoms with E-state index in [9.17, 15) is 14.0 Å². The zero-order chi connectivity index (χ0) is 25.8. The van der Waals surface area contributed by atoms with Gasteiger partial charge in [0.25, 0.3) is 5.91 Å². The largest absolute Gasteiger partial charge is 0.337 e. The van der Waals surface area contributed by atoms with E-state index in [4.69, 9.17) is 11.6 Å². The van der Waals surface area contributed by atoms with Gasteiger partial charge in [-0.2, -0.15) is 10.2 Å². The Labute approximate surface area is 219 Å². The van der Waals surface area contributed by atoms with Crippen LogP contribution in [0.25, 0.3) is 11.0 Å². The molecule has 0 bridgehead atoms. The maximum Gasteiger partial charge on any atom is 0.259 e. The lowest BCUT2D eigenvalue weighted by Gasteiger charge is -2.26. The minimum absolute atomic E-state index is 0.0770. The topological polar surface area (TPSA) is 96.2 Å². The van der Waals surface area contributed by atoms with Crippen LogP contribution in [0, 0.1) is 0 Å². The Morgan fingerprint density at radius 2 is 2.03 bits per heavy atom. The Kier molecular flexibility index (Phi) is 7.76. The first-order chi connectivity index (χ1) is 18.0. The first-order valence-electron chi connectivity index (χ1n) is 12.6. The fraction of sp³-hybridized carbons (Fsp3) is 0.423. The molecule has 2 amide bonds. The number of anilines is 1. The van der Waals surface area contributed by atoms with Crippen molar-refractivity contribution >= 4 is 40.4 Å². The summed E-state index contributed by atoms with van der Waals surface area (Å²) in [5.74, 6) is -0.0640. The minimum Gasteiger partial charge on any atom is -0.337 e. The van der Waals surface area contributed by atoms with Gasteiger partial charge in [-0.05, 0) is 43.9 Å². The zero-order valence-electron chi connectivity index (χ0n) is 20.4. The number of rotatable bonds is 6. The fourth-order valence-electron chi connectivity index (χ4n) is 5.04. The van der Waals surface area contributed by atoms with E-state index in [0.717, 1.165) is 24.8 Å². The second kappa shape index (κ2) is 11.4. The number of alkyl halides is 1. The maximum absolute atomic E-state index is 13.4. The third kappa shape index (κ3) is 5.80. The second-order valence-corrected chi connectivity index (χ2v) is 9.89. The molecule has 4 heterocycles. The Morgan fingerprint density at radius 3 is 2.81 bits per heavy atom. The van der Waals surface area contributed by atoms with Crippen molar-refractivity contribution in [2.45, 2.75) is 37.9 Å². The normalized spacial score (nSPS) is 21.0. The van der Waals surface area contributed by atoms with E-state index >= 15 is 0 Å². The lowest BCUT2D eigenvalue weighted by atomic mass is 10.1. The van der Waals surface area contributed by atoms with Gasteiger partial charge in [-0.1, -0.05) is 23.7 Å². The summed E-state index contributed by atoms with van der Waals surface area (Å²) in [5, 5.41) is 10.9. The molecule has 0 spiro atoms. The number of imidazole rings is 1. The number of nitrogens with one attached hydrogen (secondary N) is 1. The van der Waals surface area contributed by atoms with E-state index in [2.05, 4.69) is 20.5 Å². The summed E-state index contributed by atoms with van der Waals surface area (Å²) >= 11 is 6.61. The summed E-state index contributed by atoms with van der Waals surface area (Å²) < 4.78 is 15.4. The van der Waals surface area contributed by atoms with Crippen LogP contribution in [0.5, 0.6) is 0 Å². The van der Waals surface area contributed by atoms with Crippen molar-refractivity contribution in [2.24, 2.45) is 0 Å². The summed E-state index contributed by atoms with van der Waals surface area (Å²) in [4.78, 5) is 34.5. The third-order valence-corrected chi connectivity index (χ3v) is 7.20. The van der Waals surface area contributed by atoms with Crippen LogP contribution in [-0.4, -0.2) is 80.3 Å². The standard InChI is InChI=1S/C26H29ClFN7O2/c27-21-6-3-7-22-24(21)35(26(31-22)32-25(37)18-9-11-29-30-15-18)20-5-1-2-13-34(17-20)23(36)8-4-12-33-14-10-19(28)16-33/h3-4,6-9,11,15,19-20H,1-2,5,10,12-14,16-17H2,(H,31,32,37)/b8-4+/t19-,20-/m1/s1. The fourth-order valence-corrected chi connectivity index (χ4v) is 5.30. The summed E-state index contributed by atoms with van der Waals surface area (Å²) in [5.41, 5.74) is 1.74. The average molecular weight is 526 g/mol. The van der Waals surface area contributed by atoms with Gasteiger partial charge in [-0.25, -0.2) is 9.37 Å². The molecule has 9 nitrogen and oxygen atoms in total. The molecule has 2 aromatic heterocycles. The first-order valence-corrected chi connectivity index (χ1v) is 12.9. The number of hydrogen-bond acceptors (Lipinski definition) is 6. The number of aromatic nitrogens is 4. The molecule has 194 valence electrons. The van der Waals surface area contributed by atoms with Crippen molar-refractivity contribution in [1.29, 1.82) is 0 Å². The van der Waals surface area contributed by atoms with Crippen LogP contribution in [0.3, 0.4) is 0 Å². The van der Waals surface area contributed by atoms with Crippen molar-refractivity contribution in [3.8, 4) is 0 Å². The van der Waals surface area contributed by atoms with Gasteiger partial charge in [0.2, 0.25) is 11.9 Å². The number of fused-ring (bicyclic) bond motifs is 1. The molecule has 0 aliphatic carbocycles. The Bertz CT molecular complexity index is 1300. The summed E-state index contributed by atoms with van der Waals surface area (Å²) in [6.45, 7) is 2.79. The van der Waals surface area contributed by atoms with Gasteiger partial charge in [-0.15, -0.1) is 0 Å². The predicted octanol–water partition coefficient (Wildman–Crippen LogP) is 3.89. The number of likely N-dealkylation sites (tertiary alicyclic amines) is 2. The number of amides is 2. The van der Waals surface area contributed by atoms with Crippen LogP contribution in [0.4, 0.5) is 10.3 Å². The summed E-state index contributed by atoms with van der Waals surface area (Å²) in [6, 6.07) is 6.91. The van der Waals surface area contributed by atoms with E-state index in [0.29, 0.717) is 61.2 Å². The lowest BCUT2D eigenvalue weighted by molar-refractivity contribution is -0.126. The highest BCUT2D eigenvalue weighted by atomic mass is 35.5. The van der Waals surface area contributed by atoms with Crippen molar-refractivity contribution in [3.63, 3.8) is 0 Å². The Hall–Kier alpha value is -3.37. The molecular formula is C26H29ClFN7O2. The Morgan fingerprint density at radius 1 is 1.14 bits per heavy atom. The van der Waals surface area contributed by atoms with Gasteiger partial charge >= 0.3 is 0 Å². The van der Waals surface area contributed by atoms with Gasteiger partial charge in [-0.3, -0.25) is 19.8 Å². The average Bonchev–Trinajstić information content (AvgIpc) is 3.39. The molecule has 2 fully saturated rings. The van der Waals surface area contributed by atoms with Crippen LogP contribution < -0.4 is 5.32 Å². The molecule has 0 saturated carbocycles. The quantitative estimate of drug-likeness (QED) is 0.491. The summed E-state index contributed by atoms with van der Waals surface area (Å²) in [6.07, 6.45) is 8.61. The number of carbonyl (C=O) groups is 2. The van der Waals surface area contributed by atoms with E-state index in [1.807, 2.05) is 32.6 Å². The molecule has 3 aromatic rings. The molecule has 5 rings (SSSR count). The number of carbonyl (C=O) groups excluding carboxylic acids is 2. The SMILES string of the molecule is O=C(Nc1nc2cccc(Cl)c2n1[C@@H]1CCCCN(C(=O)/C=C/CN2CC[C@@H](F)C2)C1)c1ccnnc1. The van der Waals surface area contributed by atoms with Gasteiger partial charge in [0.15, 0.2) is 0 Å². The van der Waals surface area contributed by atoms with Crippen molar-refractivity contribution in [3.05, 3.63) is 59.4 Å². The highest BCUT2D eigenvalue weighted by molar-refractivity contribution is 6.35. The maximum atomic E-state index is 13.4. The van der Waals surface area contributed by atoms with Crippen molar-refractivity contribution in [1.82, 2.24) is 29.5 Å².